The fourth-order valence-electron chi connectivity index (χ4n) is 3.66. The molecule has 0 fully saturated rings. The minimum atomic E-state index is -1.38. The van der Waals surface area contributed by atoms with E-state index < -0.39 is 34.7 Å². The lowest BCUT2D eigenvalue weighted by molar-refractivity contribution is 0.260. The summed E-state index contributed by atoms with van der Waals surface area (Å²) in [5, 5.41) is 7.40. The second-order valence-electron chi connectivity index (χ2n) is 8.37. The molecule has 0 saturated heterocycles. The van der Waals surface area contributed by atoms with E-state index in [1.165, 1.54) is 6.20 Å². The molecule has 0 spiro atoms. The lowest BCUT2D eigenvalue weighted by Crippen LogP contribution is -2.28. The number of aromatic nitrogens is 2. The number of nitrogens with two attached hydrogens (primary N) is 1. The van der Waals surface area contributed by atoms with Crippen LogP contribution in [0, 0.1) is 17.5 Å². The van der Waals surface area contributed by atoms with E-state index in [2.05, 4.69) is 25.5 Å². The molecule has 2 aromatic carbocycles. The molecule has 1 aromatic heterocycles. The number of aromatic amines is 1. The molecule has 0 aliphatic heterocycles. The molecule has 198 valence electrons. The zero-order valence-corrected chi connectivity index (χ0v) is 20.4. The molecule has 37 heavy (non-hydrogen) atoms. The van der Waals surface area contributed by atoms with Crippen LogP contribution in [0.1, 0.15) is 18.4 Å². The first-order valence-corrected chi connectivity index (χ1v) is 11.8. The van der Waals surface area contributed by atoms with Crippen molar-refractivity contribution in [2.75, 3.05) is 43.9 Å². The predicted octanol–water partition coefficient (Wildman–Crippen LogP) is 3.26. The fourth-order valence-corrected chi connectivity index (χ4v) is 3.66. The second-order valence-corrected chi connectivity index (χ2v) is 8.37. The van der Waals surface area contributed by atoms with Gasteiger partial charge in [0.15, 0.2) is 11.6 Å². The van der Waals surface area contributed by atoms with Crippen LogP contribution < -0.4 is 27.2 Å². The van der Waals surface area contributed by atoms with E-state index in [9.17, 15) is 22.8 Å². The van der Waals surface area contributed by atoms with E-state index >= 15 is 0 Å². The van der Waals surface area contributed by atoms with E-state index in [0.717, 1.165) is 44.6 Å². The molecular formula is C25H30F3N7O2. The fraction of sp³-hybridized carbons (Fsp3) is 0.320. The third kappa shape index (κ3) is 8.13. The standard InChI is InChI=1S/C25H30F3N7O2/c1-30-9-3-11-35(10-2-8-29)15-16-4-6-17(7-5-16)18-14-31-24(33-23(18)36)34-25(37)32-22-13-20(27)19(26)12-21(22)28/h4-7,12-14,30H,2-3,8-11,15,29H2,1H3,(H3,31,32,33,34,36,37). The lowest BCUT2D eigenvalue weighted by Gasteiger charge is -2.22. The van der Waals surface area contributed by atoms with Crippen LogP contribution in [0.2, 0.25) is 0 Å². The van der Waals surface area contributed by atoms with E-state index in [1.807, 2.05) is 36.6 Å². The highest BCUT2D eigenvalue weighted by molar-refractivity contribution is 5.98. The smallest absolute Gasteiger partial charge is 0.326 e. The number of urea groups is 1. The molecular weight excluding hydrogens is 487 g/mol. The Hall–Kier alpha value is -3.74. The third-order valence-electron chi connectivity index (χ3n) is 5.54. The maximum atomic E-state index is 13.7. The first-order chi connectivity index (χ1) is 17.8. The molecule has 0 aliphatic carbocycles. The molecule has 3 rings (SSSR count). The maximum Gasteiger partial charge on any atom is 0.326 e. The van der Waals surface area contributed by atoms with E-state index in [1.54, 1.807) is 0 Å². The Morgan fingerprint density at radius 1 is 1.03 bits per heavy atom. The summed E-state index contributed by atoms with van der Waals surface area (Å²) >= 11 is 0. The summed E-state index contributed by atoms with van der Waals surface area (Å²) < 4.78 is 40.1. The number of carbonyl (C=O) groups excluding carboxylic acids is 1. The first-order valence-electron chi connectivity index (χ1n) is 11.8. The van der Waals surface area contributed by atoms with Crippen molar-refractivity contribution in [3.05, 3.63) is 76.0 Å². The van der Waals surface area contributed by atoms with Crippen LogP contribution in [0.25, 0.3) is 11.1 Å². The Labute approximate surface area is 212 Å². The van der Waals surface area contributed by atoms with Gasteiger partial charge in [-0.05, 0) is 57.2 Å². The number of nitrogens with one attached hydrogen (secondary N) is 4. The summed E-state index contributed by atoms with van der Waals surface area (Å²) in [6, 6.07) is 7.35. The van der Waals surface area contributed by atoms with Crippen molar-refractivity contribution in [2.24, 2.45) is 5.73 Å². The second kappa shape index (κ2) is 13.5. The van der Waals surface area contributed by atoms with Gasteiger partial charge in [-0.1, -0.05) is 24.3 Å². The van der Waals surface area contributed by atoms with Gasteiger partial charge in [0.05, 0.1) is 11.3 Å². The predicted molar refractivity (Wildman–Crippen MR) is 137 cm³/mol. The SMILES string of the molecule is CNCCCN(CCCN)Cc1ccc(-c2cnc(NC(=O)Nc3cc(F)c(F)cc3F)[nH]c2=O)cc1. The van der Waals surface area contributed by atoms with Gasteiger partial charge in [0.2, 0.25) is 5.95 Å². The van der Waals surface area contributed by atoms with Gasteiger partial charge < -0.3 is 16.4 Å². The van der Waals surface area contributed by atoms with Crippen LogP contribution in [0.5, 0.6) is 0 Å². The van der Waals surface area contributed by atoms with E-state index in [-0.39, 0.29) is 11.5 Å². The molecule has 0 atom stereocenters. The lowest BCUT2D eigenvalue weighted by atomic mass is 10.1. The van der Waals surface area contributed by atoms with Gasteiger partial charge in [-0.15, -0.1) is 0 Å². The number of benzene rings is 2. The highest BCUT2D eigenvalue weighted by Crippen LogP contribution is 2.19. The van der Waals surface area contributed by atoms with Gasteiger partial charge >= 0.3 is 6.03 Å². The Kier molecular flexibility index (Phi) is 10.2. The van der Waals surface area contributed by atoms with Crippen LogP contribution in [0.3, 0.4) is 0 Å². The van der Waals surface area contributed by atoms with Gasteiger partial charge in [0.1, 0.15) is 5.82 Å². The molecule has 12 heteroatoms. The highest BCUT2D eigenvalue weighted by atomic mass is 19.2. The molecule has 6 N–H and O–H groups in total. The number of carbonyl (C=O) groups is 1. The quantitative estimate of drug-likeness (QED) is 0.185. The summed E-state index contributed by atoms with van der Waals surface area (Å²) in [7, 11) is 1.92. The van der Waals surface area contributed by atoms with E-state index in [4.69, 9.17) is 5.73 Å². The van der Waals surface area contributed by atoms with E-state index in [0.29, 0.717) is 24.2 Å². The first kappa shape index (κ1) is 27.8. The molecule has 0 unspecified atom stereocenters. The van der Waals surface area contributed by atoms with Crippen LogP contribution in [-0.2, 0) is 6.54 Å². The topological polar surface area (TPSA) is 128 Å². The van der Waals surface area contributed by atoms with Crippen molar-refractivity contribution < 1.29 is 18.0 Å². The molecule has 2 amide bonds. The van der Waals surface area contributed by atoms with Gasteiger partial charge in [-0.3, -0.25) is 20.0 Å². The van der Waals surface area contributed by atoms with Gasteiger partial charge in [0.25, 0.3) is 5.56 Å². The maximum absolute atomic E-state index is 13.7. The Morgan fingerprint density at radius 2 is 1.73 bits per heavy atom. The van der Waals surface area contributed by atoms with Gasteiger partial charge in [0, 0.05) is 24.9 Å². The number of hydrogen-bond donors (Lipinski definition) is 5. The number of H-pyrrole nitrogens is 1. The largest absolute Gasteiger partial charge is 0.330 e. The van der Waals surface area contributed by atoms with Crippen molar-refractivity contribution in [3.63, 3.8) is 0 Å². The minimum Gasteiger partial charge on any atom is -0.330 e. The van der Waals surface area contributed by atoms with Crippen LogP contribution in [-0.4, -0.2) is 54.1 Å². The van der Waals surface area contributed by atoms with Crippen LogP contribution in [0.15, 0.2) is 47.4 Å². The van der Waals surface area contributed by atoms with Gasteiger partial charge in [-0.25, -0.2) is 22.9 Å². The van der Waals surface area contributed by atoms with Crippen molar-refractivity contribution in [3.8, 4) is 11.1 Å². The number of anilines is 2. The zero-order chi connectivity index (χ0) is 26.8. The number of amides is 2. The molecule has 9 nitrogen and oxygen atoms in total. The Balaban J connectivity index is 1.64. The molecule has 0 saturated carbocycles. The van der Waals surface area contributed by atoms with Crippen molar-refractivity contribution in [2.45, 2.75) is 19.4 Å². The molecule has 3 aromatic rings. The monoisotopic (exact) mass is 517 g/mol. The summed E-state index contributed by atoms with van der Waals surface area (Å²) in [5.41, 5.74) is 6.61. The number of rotatable bonds is 12. The van der Waals surface area contributed by atoms with Gasteiger partial charge in [-0.2, -0.15) is 0 Å². The third-order valence-corrected chi connectivity index (χ3v) is 5.54. The van der Waals surface area contributed by atoms with Crippen molar-refractivity contribution in [1.82, 2.24) is 20.2 Å². The molecule has 1 heterocycles. The van der Waals surface area contributed by atoms with Crippen LogP contribution >= 0.6 is 0 Å². The summed E-state index contributed by atoms with van der Waals surface area (Å²) in [4.78, 5) is 33.5. The summed E-state index contributed by atoms with van der Waals surface area (Å²) in [6.45, 7) is 4.16. The summed E-state index contributed by atoms with van der Waals surface area (Å²) in [5.74, 6) is -4.07. The zero-order valence-electron chi connectivity index (χ0n) is 20.4. The molecule has 0 bridgehead atoms. The number of hydrogen-bond acceptors (Lipinski definition) is 6. The molecule has 0 radical (unpaired) electrons. The molecule has 0 aliphatic rings. The van der Waals surface area contributed by atoms with Crippen molar-refractivity contribution >= 4 is 17.7 Å². The minimum absolute atomic E-state index is 0.206. The Bertz CT molecular complexity index is 1250. The summed E-state index contributed by atoms with van der Waals surface area (Å²) in [6.07, 6.45) is 3.23. The van der Waals surface area contributed by atoms with Crippen LogP contribution in [0.4, 0.5) is 29.6 Å². The van der Waals surface area contributed by atoms with Crippen molar-refractivity contribution in [1.29, 1.82) is 0 Å². The average molecular weight is 518 g/mol. The average Bonchev–Trinajstić information content (AvgIpc) is 2.86. The number of nitrogens with zero attached hydrogens (tertiary/aromatic N) is 2. The number of halogens is 3. The highest BCUT2D eigenvalue weighted by Gasteiger charge is 2.14. The normalized spacial score (nSPS) is 11.1. The Morgan fingerprint density at radius 3 is 2.41 bits per heavy atom.